The van der Waals surface area contributed by atoms with Crippen LogP contribution < -0.4 is 9.47 Å². The Balaban J connectivity index is 2.16. The maximum Gasteiger partial charge on any atom is 0.311 e. The molecule has 1 aliphatic carbocycles. The first-order valence-corrected chi connectivity index (χ1v) is 6.15. The molecule has 86 valence electrons. The average Bonchev–Trinajstić information content (AvgIpc) is 3.06. The van der Waals surface area contributed by atoms with E-state index in [0.29, 0.717) is 17.9 Å². The van der Waals surface area contributed by atoms with Gasteiger partial charge in [-0.3, -0.25) is 4.79 Å². The molecule has 16 heavy (non-hydrogen) atoms. The van der Waals surface area contributed by atoms with Gasteiger partial charge in [0.15, 0.2) is 11.5 Å². The molecule has 1 fully saturated rings. The van der Waals surface area contributed by atoms with Gasteiger partial charge in [-0.25, -0.2) is 0 Å². The molecule has 0 amide bonds. The van der Waals surface area contributed by atoms with Crippen LogP contribution in [-0.4, -0.2) is 12.1 Å². The SMILES string of the molecule is CCC(=O)Oc1ccc(Br)cc1OC1CC1. The number of esters is 1. The zero-order chi connectivity index (χ0) is 11.5. The van der Waals surface area contributed by atoms with Crippen LogP contribution in [0.1, 0.15) is 26.2 Å². The highest BCUT2D eigenvalue weighted by atomic mass is 79.9. The van der Waals surface area contributed by atoms with E-state index in [4.69, 9.17) is 9.47 Å². The quantitative estimate of drug-likeness (QED) is 0.629. The Morgan fingerprint density at radius 1 is 1.44 bits per heavy atom. The number of benzene rings is 1. The monoisotopic (exact) mass is 284 g/mol. The summed E-state index contributed by atoms with van der Waals surface area (Å²) in [5, 5.41) is 0. The first kappa shape index (κ1) is 11.5. The van der Waals surface area contributed by atoms with Crippen molar-refractivity contribution < 1.29 is 14.3 Å². The molecule has 1 aliphatic rings. The molecule has 0 aromatic heterocycles. The van der Waals surface area contributed by atoms with Crippen molar-refractivity contribution in [3.05, 3.63) is 22.7 Å². The van der Waals surface area contributed by atoms with Crippen LogP contribution in [-0.2, 0) is 4.79 Å². The number of halogens is 1. The summed E-state index contributed by atoms with van der Waals surface area (Å²) in [6.45, 7) is 1.77. The van der Waals surface area contributed by atoms with Gasteiger partial charge in [-0.1, -0.05) is 22.9 Å². The maximum absolute atomic E-state index is 11.2. The molecule has 1 aromatic carbocycles. The molecular weight excluding hydrogens is 272 g/mol. The number of carbonyl (C=O) groups is 1. The van der Waals surface area contributed by atoms with Crippen molar-refractivity contribution in [1.29, 1.82) is 0 Å². The zero-order valence-corrected chi connectivity index (χ0v) is 10.6. The van der Waals surface area contributed by atoms with Crippen molar-refractivity contribution in [2.24, 2.45) is 0 Å². The second-order valence-electron chi connectivity index (χ2n) is 3.74. The van der Waals surface area contributed by atoms with E-state index < -0.39 is 0 Å². The molecule has 0 radical (unpaired) electrons. The first-order valence-electron chi connectivity index (χ1n) is 5.36. The van der Waals surface area contributed by atoms with Crippen molar-refractivity contribution in [3.63, 3.8) is 0 Å². The van der Waals surface area contributed by atoms with E-state index in [2.05, 4.69) is 15.9 Å². The summed E-state index contributed by atoms with van der Waals surface area (Å²) in [5.74, 6) is 0.892. The van der Waals surface area contributed by atoms with Gasteiger partial charge in [-0.15, -0.1) is 0 Å². The summed E-state index contributed by atoms with van der Waals surface area (Å²) in [7, 11) is 0. The summed E-state index contributed by atoms with van der Waals surface area (Å²) in [5.41, 5.74) is 0. The van der Waals surface area contributed by atoms with Crippen molar-refractivity contribution in [1.82, 2.24) is 0 Å². The highest BCUT2D eigenvalue weighted by Crippen LogP contribution is 2.35. The Labute approximate surface area is 103 Å². The van der Waals surface area contributed by atoms with Crippen molar-refractivity contribution in [2.45, 2.75) is 32.3 Å². The van der Waals surface area contributed by atoms with Crippen LogP contribution in [0.25, 0.3) is 0 Å². The minimum Gasteiger partial charge on any atom is -0.486 e. The molecule has 1 saturated carbocycles. The predicted octanol–water partition coefficient (Wildman–Crippen LogP) is 3.31. The third kappa shape index (κ3) is 2.98. The molecule has 0 N–H and O–H groups in total. The molecular formula is C12H13BrO3. The van der Waals surface area contributed by atoms with Gasteiger partial charge in [0.25, 0.3) is 0 Å². The Morgan fingerprint density at radius 3 is 2.81 bits per heavy atom. The summed E-state index contributed by atoms with van der Waals surface area (Å²) >= 11 is 3.37. The number of carbonyl (C=O) groups excluding carboxylic acids is 1. The van der Waals surface area contributed by atoms with Crippen LogP contribution in [0.4, 0.5) is 0 Å². The van der Waals surface area contributed by atoms with Crippen molar-refractivity contribution >= 4 is 21.9 Å². The van der Waals surface area contributed by atoms with Crippen LogP contribution in [0.5, 0.6) is 11.5 Å². The fourth-order valence-corrected chi connectivity index (χ4v) is 1.56. The van der Waals surface area contributed by atoms with E-state index in [1.807, 2.05) is 12.1 Å². The molecule has 0 atom stereocenters. The predicted molar refractivity (Wildman–Crippen MR) is 63.7 cm³/mol. The lowest BCUT2D eigenvalue weighted by molar-refractivity contribution is -0.134. The molecule has 0 aliphatic heterocycles. The number of hydrogen-bond donors (Lipinski definition) is 0. The Hall–Kier alpha value is -1.03. The fourth-order valence-electron chi connectivity index (χ4n) is 1.22. The summed E-state index contributed by atoms with van der Waals surface area (Å²) in [6.07, 6.45) is 2.80. The molecule has 0 spiro atoms. The molecule has 3 nitrogen and oxygen atoms in total. The summed E-state index contributed by atoms with van der Waals surface area (Å²) < 4.78 is 11.8. The Bertz CT molecular complexity index is 399. The number of hydrogen-bond acceptors (Lipinski definition) is 3. The maximum atomic E-state index is 11.2. The van der Waals surface area contributed by atoms with E-state index >= 15 is 0 Å². The second kappa shape index (κ2) is 4.87. The van der Waals surface area contributed by atoms with Gasteiger partial charge >= 0.3 is 5.97 Å². The van der Waals surface area contributed by atoms with Gasteiger partial charge in [-0.05, 0) is 31.0 Å². The van der Waals surface area contributed by atoms with Crippen LogP contribution in [0.3, 0.4) is 0 Å². The zero-order valence-electron chi connectivity index (χ0n) is 9.03. The minimum absolute atomic E-state index is 0.247. The van der Waals surface area contributed by atoms with E-state index in [-0.39, 0.29) is 12.1 Å². The van der Waals surface area contributed by atoms with Crippen LogP contribution in [0, 0.1) is 0 Å². The van der Waals surface area contributed by atoms with E-state index in [1.165, 1.54) is 0 Å². The number of ether oxygens (including phenoxy) is 2. The van der Waals surface area contributed by atoms with Gasteiger partial charge < -0.3 is 9.47 Å². The minimum atomic E-state index is -0.247. The smallest absolute Gasteiger partial charge is 0.311 e. The van der Waals surface area contributed by atoms with Gasteiger partial charge in [0.1, 0.15) is 0 Å². The molecule has 2 rings (SSSR count). The van der Waals surface area contributed by atoms with Crippen molar-refractivity contribution in [2.75, 3.05) is 0 Å². The largest absolute Gasteiger partial charge is 0.486 e. The lowest BCUT2D eigenvalue weighted by Gasteiger charge is -2.10. The topological polar surface area (TPSA) is 35.5 Å². The fraction of sp³-hybridized carbons (Fsp3) is 0.417. The Kier molecular flexibility index (Phi) is 3.49. The highest BCUT2D eigenvalue weighted by molar-refractivity contribution is 9.10. The lowest BCUT2D eigenvalue weighted by atomic mass is 10.3. The van der Waals surface area contributed by atoms with Gasteiger partial charge in [-0.2, -0.15) is 0 Å². The lowest BCUT2D eigenvalue weighted by Crippen LogP contribution is -2.07. The summed E-state index contributed by atoms with van der Waals surface area (Å²) in [4.78, 5) is 11.2. The average molecular weight is 285 g/mol. The van der Waals surface area contributed by atoms with E-state index in [0.717, 1.165) is 17.3 Å². The van der Waals surface area contributed by atoms with Crippen LogP contribution in [0.15, 0.2) is 22.7 Å². The first-order chi connectivity index (χ1) is 7.69. The normalized spacial score (nSPS) is 14.6. The molecule has 0 heterocycles. The van der Waals surface area contributed by atoms with Gasteiger partial charge in [0.05, 0.1) is 6.10 Å². The second-order valence-corrected chi connectivity index (χ2v) is 4.65. The van der Waals surface area contributed by atoms with Crippen LogP contribution >= 0.6 is 15.9 Å². The van der Waals surface area contributed by atoms with E-state index in [9.17, 15) is 4.79 Å². The standard InChI is InChI=1S/C12H13BrO3/c1-2-12(14)16-10-6-3-8(13)7-11(10)15-9-4-5-9/h3,6-7,9H,2,4-5H2,1H3. The Morgan fingerprint density at radius 2 is 2.19 bits per heavy atom. The molecule has 0 unspecified atom stereocenters. The van der Waals surface area contributed by atoms with Crippen molar-refractivity contribution in [3.8, 4) is 11.5 Å². The molecule has 0 bridgehead atoms. The third-order valence-electron chi connectivity index (χ3n) is 2.24. The highest BCUT2D eigenvalue weighted by Gasteiger charge is 2.25. The van der Waals surface area contributed by atoms with Gasteiger partial charge in [0.2, 0.25) is 0 Å². The summed E-state index contributed by atoms with van der Waals surface area (Å²) in [6, 6.07) is 5.41. The molecule has 1 aromatic rings. The number of rotatable bonds is 4. The van der Waals surface area contributed by atoms with Gasteiger partial charge in [0, 0.05) is 10.9 Å². The van der Waals surface area contributed by atoms with E-state index in [1.54, 1.807) is 13.0 Å². The molecule has 4 heteroatoms. The third-order valence-corrected chi connectivity index (χ3v) is 2.73. The van der Waals surface area contributed by atoms with Crippen LogP contribution in [0.2, 0.25) is 0 Å². The molecule has 0 saturated heterocycles.